The van der Waals surface area contributed by atoms with Crippen LogP contribution in [0.5, 0.6) is 0 Å². The summed E-state index contributed by atoms with van der Waals surface area (Å²) in [6, 6.07) is 18.7. The van der Waals surface area contributed by atoms with Crippen LogP contribution in [0.2, 0.25) is 0 Å². The van der Waals surface area contributed by atoms with Crippen molar-refractivity contribution >= 4 is 5.91 Å². The fraction of sp³-hybridized carbons (Fsp3) is 0.316. The van der Waals surface area contributed by atoms with Gasteiger partial charge in [0.25, 0.3) is 0 Å². The normalized spacial score (nSPS) is 11.2. The van der Waals surface area contributed by atoms with E-state index in [1.165, 1.54) is 11.1 Å². The number of hydrogen-bond donors (Lipinski definition) is 0. The minimum Gasteiger partial charge on any atom is -0.341 e. The molecule has 0 aromatic heterocycles. The molecule has 0 bridgehead atoms. The van der Waals surface area contributed by atoms with E-state index in [-0.39, 0.29) is 11.3 Å². The molecule has 0 aliphatic carbocycles. The quantitative estimate of drug-likeness (QED) is 0.818. The lowest BCUT2D eigenvalue weighted by atomic mass is 9.94. The van der Waals surface area contributed by atoms with Crippen LogP contribution in [0.1, 0.15) is 26.3 Å². The lowest BCUT2D eigenvalue weighted by Crippen LogP contribution is -2.36. The van der Waals surface area contributed by atoms with E-state index >= 15 is 0 Å². The van der Waals surface area contributed by atoms with Gasteiger partial charge < -0.3 is 4.90 Å². The Bertz CT molecular complexity index is 594. The first-order valence-electron chi connectivity index (χ1n) is 7.28. The Labute approximate surface area is 127 Å². The zero-order valence-electron chi connectivity index (χ0n) is 13.3. The van der Waals surface area contributed by atoms with E-state index in [0.717, 1.165) is 5.56 Å². The maximum Gasteiger partial charge on any atom is 0.227 e. The summed E-state index contributed by atoms with van der Waals surface area (Å²) in [4.78, 5) is 14.0. The molecule has 2 rings (SSSR count). The summed E-state index contributed by atoms with van der Waals surface area (Å²) in [6.07, 6.45) is 0. The lowest BCUT2D eigenvalue weighted by Gasteiger charge is -2.26. The molecule has 0 atom stereocenters. The largest absolute Gasteiger partial charge is 0.341 e. The van der Waals surface area contributed by atoms with Crippen LogP contribution < -0.4 is 0 Å². The molecule has 2 aromatic rings. The third kappa shape index (κ3) is 3.94. The van der Waals surface area contributed by atoms with Crippen molar-refractivity contribution < 1.29 is 4.79 Å². The average molecular weight is 281 g/mol. The van der Waals surface area contributed by atoms with Crippen molar-refractivity contribution in [1.29, 1.82) is 0 Å². The van der Waals surface area contributed by atoms with Gasteiger partial charge >= 0.3 is 0 Å². The van der Waals surface area contributed by atoms with Crippen molar-refractivity contribution in [2.24, 2.45) is 5.41 Å². The maximum absolute atomic E-state index is 12.2. The Hall–Kier alpha value is -2.09. The van der Waals surface area contributed by atoms with Crippen molar-refractivity contribution in [2.75, 3.05) is 7.05 Å². The highest BCUT2D eigenvalue weighted by Crippen LogP contribution is 2.21. The summed E-state index contributed by atoms with van der Waals surface area (Å²) in [5.41, 5.74) is 3.22. The molecule has 0 aliphatic heterocycles. The van der Waals surface area contributed by atoms with E-state index in [2.05, 4.69) is 36.4 Å². The second kappa shape index (κ2) is 6.13. The molecule has 1 amide bonds. The number of rotatable bonds is 3. The molecule has 0 saturated heterocycles. The van der Waals surface area contributed by atoms with Crippen LogP contribution in [-0.2, 0) is 11.3 Å². The van der Waals surface area contributed by atoms with Gasteiger partial charge in [-0.3, -0.25) is 4.79 Å². The molecule has 0 unspecified atom stereocenters. The van der Waals surface area contributed by atoms with E-state index in [1.54, 1.807) is 4.90 Å². The number of nitrogens with zero attached hydrogens (tertiary/aromatic N) is 1. The SMILES string of the molecule is CN(Cc1ccc(-c2ccccc2)cc1)C(=O)C(C)(C)C. The Morgan fingerprint density at radius 2 is 1.43 bits per heavy atom. The smallest absolute Gasteiger partial charge is 0.227 e. The van der Waals surface area contributed by atoms with E-state index < -0.39 is 0 Å². The van der Waals surface area contributed by atoms with Gasteiger partial charge in [0.2, 0.25) is 5.91 Å². The third-order valence-corrected chi connectivity index (χ3v) is 3.47. The molecule has 0 saturated carbocycles. The van der Waals surface area contributed by atoms with Gasteiger partial charge in [0.1, 0.15) is 0 Å². The predicted octanol–water partition coefficient (Wildman–Crippen LogP) is 4.36. The molecule has 0 aliphatic rings. The van der Waals surface area contributed by atoms with Crippen LogP contribution >= 0.6 is 0 Å². The van der Waals surface area contributed by atoms with Crippen molar-refractivity contribution in [1.82, 2.24) is 4.90 Å². The number of amides is 1. The number of hydrogen-bond acceptors (Lipinski definition) is 1. The second-order valence-electron chi connectivity index (χ2n) is 6.47. The van der Waals surface area contributed by atoms with Crippen LogP contribution in [0.15, 0.2) is 54.6 Å². The monoisotopic (exact) mass is 281 g/mol. The zero-order valence-corrected chi connectivity index (χ0v) is 13.3. The van der Waals surface area contributed by atoms with Crippen LogP contribution in [-0.4, -0.2) is 17.9 Å². The van der Waals surface area contributed by atoms with E-state index in [0.29, 0.717) is 6.54 Å². The standard InChI is InChI=1S/C19H23NO/c1-19(2,3)18(21)20(4)14-15-10-12-17(13-11-15)16-8-6-5-7-9-16/h5-13H,14H2,1-4H3. The second-order valence-corrected chi connectivity index (χ2v) is 6.47. The van der Waals surface area contributed by atoms with Crippen LogP contribution in [0.25, 0.3) is 11.1 Å². The van der Waals surface area contributed by atoms with E-state index in [4.69, 9.17) is 0 Å². The summed E-state index contributed by atoms with van der Waals surface area (Å²) < 4.78 is 0. The molecule has 21 heavy (non-hydrogen) atoms. The summed E-state index contributed by atoms with van der Waals surface area (Å²) >= 11 is 0. The predicted molar refractivity (Wildman–Crippen MR) is 87.8 cm³/mol. The summed E-state index contributed by atoms with van der Waals surface area (Å²) in [7, 11) is 1.86. The van der Waals surface area contributed by atoms with Crippen molar-refractivity contribution in [3.63, 3.8) is 0 Å². The lowest BCUT2D eigenvalue weighted by molar-refractivity contribution is -0.138. The van der Waals surface area contributed by atoms with Gasteiger partial charge in [0.15, 0.2) is 0 Å². The third-order valence-electron chi connectivity index (χ3n) is 3.47. The molecule has 110 valence electrons. The van der Waals surface area contributed by atoms with Crippen molar-refractivity contribution in [2.45, 2.75) is 27.3 Å². The molecule has 0 fully saturated rings. The van der Waals surface area contributed by atoms with E-state index in [9.17, 15) is 4.79 Å². The van der Waals surface area contributed by atoms with Crippen LogP contribution in [0.4, 0.5) is 0 Å². The number of carbonyl (C=O) groups excluding carboxylic acids is 1. The van der Waals surface area contributed by atoms with Crippen LogP contribution in [0, 0.1) is 5.41 Å². The zero-order chi connectivity index (χ0) is 15.5. The minimum atomic E-state index is -0.335. The molecular weight excluding hydrogens is 258 g/mol. The van der Waals surface area contributed by atoms with Gasteiger partial charge in [-0.05, 0) is 16.7 Å². The van der Waals surface area contributed by atoms with Gasteiger partial charge in [-0.25, -0.2) is 0 Å². The summed E-state index contributed by atoms with van der Waals surface area (Å²) in [5, 5.41) is 0. The minimum absolute atomic E-state index is 0.162. The molecule has 0 radical (unpaired) electrons. The number of carbonyl (C=O) groups is 1. The first-order chi connectivity index (χ1) is 9.88. The Morgan fingerprint density at radius 1 is 0.905 bits per heavy atom. The first kappa shape index (κ1) is 15.3. The summed E-state index contributed by atoms with van der Waals surface area (Å²) in [5.74, 6) is 0.162. The fourth-order valence-corrected chi connectivity index (χ4v) is 2.35. The molecular formula is C19H23NO. The van der Waals surface area contributed by atoms with Crippen molar-refractivity contribution in [3.8, 4) is 11.1 Å². The summed E-state index contributed by atoms with van der Waals surface area (Å²) in [6.45, 7) is 6.49. The Morgan fingerprint density at radius 3 is 1.95 bits per heavy atom. The molecule has 2 aromatic carbocycles. The highest BCUT2D eigenvalue weighted by atomic mass is 16.2. The van der Waals surface area contributed by atoms with Gasteiger partial charge in [-0.1, -0.05) is 75.4 Å². The molecule has 2 nitrogen and oxygen atoms in total. The highest BCUT2D eigenvalue weighted by molar-refractivity contribution is 5.81. The highest BCUT2D eigenvalue weighted by Gasteiger charge is 2.24. The van der Waals surface area contributed by atoms with Gasteiger partial charge in [-0.2, -0.15) is 0 Å². The first-order valence-corrected chi connectivity index (χ1v) is 7.28. The number of benzene rings is 2. The van der Waals surface area contributed by atoms with E-state index in [1.807, 2.05) is 46.0 Å². The van der Waals surface area contributed by atoms with Gasteiger partial charge in [0, 0.05) is 19.0 Å². The van der Waals surface area contributed by atoms with Crippen LogP contribution in [0.3, 0.4) is 0 Å². The fourth-order valence-electron chi connectivity index (χ4n) is 2.35. The van der Waals surface area contributed by atoms with Gasteiger partial charge in [-0.15, -0.1) is 0 Å². The Kier molecular flexibility index (Phi) is 4.46. The Balaban J connectivity index is 2.08. The molecule has 0 N–H and O–H groups in total. The maximum atomic E-state index is 12.2. The molecule has 2 heteroatoms. The average Bonchev–Trinajstić information content (AvgIpc) is 2.47. The van der Waals surface area contributed by atoms with Gasteiger partial charge in [0.05, 0.1) is 0 Å². The molecule has 0 heterocycles. The van der Waals surface area contributed by atoms with Crippen molar-refractivity contribution in [3.05, 3.63) is 60.2 Å². The topological polar surface area (TPSA) is 20.3 Å². The molecule has 0 spiro atoms.